The summed E-state index contributed by atoms with van der Waals surface area (Å²) in [5.41, 5.74) is 11.3. The van der Waals surface area contributed by atoms with Crippen LogP contribution < -0.4 is 42.8 Å². The molecule has 10 N–H and O–H groups in total. The Labute approximate surface area is 330 Å². The van der Waals surface area contributed by atoms with Gasteiger partial charge in [0.25, 0.3) is 0 Å². The predicted molar refractivity (Wildman–Crippen MR) is 211 cm³/mol. The molecule has 2 aliphatic heterocycles. The second-order valence-electron chi connectivity index (χ2n) is 16.4. The molecule has 3 aliphatic rings. The van der Waals surface area contributed by atoms with Crippen LogP contribution in [0.25, 0.3) is 0 Å². The van der Waals surface area contributed by atoms with E-state index in [1.165, 1.54) is 0 Å². The lowest BCUT2D eigenvalue weighted by Gasteiger charge is -2.33. The molecule has 5 atom stereocenters. The van der Waals surface area contributed by atoms with Gasteiger partial charge in [-0.15, -0.1) is 0 Å². The van der Waals surface area contributed by atoms with Crippen LogP contribution in [0.3, 0.4) is 0 Å². The molecular formula is C40H63N9O7. The third kappa shape index (κ3) is 13.1. The largest absolute Gasteiger partial charge is 0.494 e. The highest BCUT2D eigenvalue weighted by atomic mass is 16.5. The van der Waals surface area contributed by atoms with Crippen molar-refractivity contribution in [2.45, 2.75) is 141 Å². The minimum absolute atomic E-state index is 0.123. The number of nitrogens with two attached hydrogens (primary N) is 2. The van der Waals surface area contributed by atoms with Crippen LogP contribution in [0, 0.1) is 16.7 Å². The number of benzene rings is 1. The summed E-state index contributed by atoms with van der Waals surface area (Å²) in [6.45, 7) is 6.33. The third-order valence-corrected chi connectivity index (χ3v) is 10.9. The van der Waals surface area contributed by atoms with E-state index in [0.717, 1.165) is 37.7 Å². The second kappa shape index (κ2) is 20.9. The van der Waals surface area contributed by atoms with Gasteiger partial charge in [-0.05, 0) is 93.2 Å². The molecule has 1 aromatic carbocycles. The molecule has 310 valence electrons. The minimum atomic E-state index is -1.12. The molecule has 2 fully saturated rings. The molecule has 56 heavy (non-hydrogen) atoms. The maximum absolute atomic E-state index is 14.4. The van der Waals surface area contributed by atoms with Crippen molar-refractivity contribution in [3.8, 4) is 5.75 Å². The Morgan fingerprint density at radius 1 is 0.929 bits per heavy atom. The van der Waals surface area contributed by atoms with Crippen molar-refractivity contribution in [3.05, 3.63) is 29.8 Å². The van der Waals surface area contributed by atoms with Crippen molar-refractivity contribution >= 4 is 41.4 Å². The minimum Gasteiger partial charge on any atom is -0.494 e. The lowest BCUT2D eigenvalue weighted by atomic mass is 9.83. The van der Waals surface area contributed by atoms with Crippen LogP contribution in [0.5, 0.6) is 5.75 Å². The molecule has 1 saturated carbocycles. The predicted octanol–water partition coefficient (Wildman–Crippen LogP) is 1.49. The number of carbonyl (C=O) groups excluding carboxylic acids is 6. The van der Waals surface area contributed by atoms with Gasteiger partial charge in [-0.2, -0.15) is 0 Å². The molecule has 1 aliphatic carbocycles. The first kappa shape index (κ1) is 43.8. The van der Waals surface area contributed by atoms with E-state index in [9.17, 15) is 28.8 Å². The second-order valence-corrected chi connectivity index (χ2v) is 16.4. The molecule has 6 amide bonds. The number of amides is 6. The lowest BCUT2D eigenvalue weighted by Crippen LogP contribution is -2.61. The van der Waals surface area contributed by atoms with Gasteiger partial charge < -0.3 is 47.7 Å². The first-order valence-corrected chi connectivity index (χ1v) is 20.2. The highest BCUT2D eigenvalue weighted by Gasteiger charge is 2.40. The smallest absolute Gasteiger partial charge is 0.243 e. The molecular weight excluding hydrogens is 718 g/mol. The molecule has 2 bridgehead atoms. The number of hydrogen-bond donors (Lipinski definition) is 8. The van der Waals surface area contributed by atoms with E-state index in [1.807, 2.05) is 24.3 Å². The Balaban J connectivity index is 1.63. The summed E-state index contributed by atoms with van der Waals surface area (Å²) in [4.78, 5) is 83.6. The van der Waals surface area contributed by atoms with E-state index in [-0.39, 0.29) is 49.5 Å². The molecule has 0 aromatic heterocycles. The molecule has 2 heterocycles. The maximum Gasteiger partial charge on any atom is 0.243 e. The summed E-state index contributed by atoms with van der Waals surface area (Å²) in [6.07, 6.45) is 7.88. The number of primary amides is 1. The number of aryl methyl sites for hydroxylation is 1. The fourth-order valence-corrected chi connectivity index (χ4v) is 7.87. The summed E-state index contributed by atoms with van der Waals surface area (Å²) >= 11 is 0. The number of ether oxygens (including phenoxy) is 1. The molecule has 1 aromatic rings. The van der Waals surface area contributed by atoms with Crippen LogP contribution >= 0.6 is 0 Å². The van der Waals surface area contributed by atoms with Gasteiger partial charge in [0, 0.05) is 19.5 Å². The van der Waals surface area contributed by atoms with Crippen LogP contribution in [0.4, 0.5) is 0 Å². The van der Waals surface area contributed by atoms with Gasteiger partial charge in [0.15, 0.2) is 5.96 Å². The highest BCUT2D eigenvalue weighted by Crippen LogP contribution is 2.28. The average molecular weight is 782 g/mol. The average Bonchev–Trinajstić information content (AvgIpc) is 3.65. The molecule has 16 nitrogen and oxygen atoms in total. The maximum atomic E-state index is 14.4. The van der Waals surface area contributed by atoms with E-state index in [0.29, 0.717) is 57.4 Å². The standard InChI is InChI=1S/C40H63N9O7/c1-40(2,3)33(34(41)51)48-36(53)29(18-9-21-44-39(42)43)45-35(52)28-17-8-13-25-12-7-16-27(24-25)56-23-11-20-31(50)49-22-10-19-30(49)37(54)47-32(38(55)46-28)26-14-5-4-6-15-26/h7,12,16,24,26,28-30,32-33H,4-6,8-11,13-15,17-23H2,1-3H3,(H2,41,51)(H,45,52)(H,46,55)(H,47,54)(H,48,53)(H4,42,43,44)/t28-,29-,30-,32-,33+/m0/s1. The quantitative estimate of drug-likeness (QED) is 0.0972. The van der Waals surface area contributed by atoms with Crippen molar-refractivity contribution in [1.29, 1.82) is 5.41 Å². The number of carbonyl (C=O) groups is 6. The topological polar surface area (TPSA) is 251 Å². The zero-order valence-corrected chi connectivity index (χ0v) is 33.3. The van der Waals surface area contributed by atoms with Gasteiger partial charge in [0.05, 0.1) is 6.61 Å². The highest BCUT2D eigenvalue weighted by molar-refractivity contribution is 5.96. The number of nitrogens with zero attached hydrogens (tertiary/aromatic N) is 1. The van der Waals surface area contributed by atoms with Gasteiger partial charge in [-0.1, -0.05) is 52.2 Å². The van der Waals surface area contributed by atoms with E-state index in [4.69, 9.17) is 21.6 Å². The zero-order chi connectivity index (χ0) is 40.8. The molecule has 1 saturated heterocycles. The summed E-state index contributed by atoms with van der Waals surface area (Å²) in [5.74, 6) is -2.71. The first-order valence-electron chi connectivity index (χ1n) is 20.2. The summed E-state index contributed by atoms with van der Waals surface area (Å²) in [6, 6.07) is 2.73. The van der Waals surface area contributed by atoms with Crippen LogP contribution in [0.15, 0.2) is 24.3 Å². The van der Waals surface area contributed by atoms with Gasteiger partial charge in [0.2, 0.25) is 35.4 Å². The molecule has 0 spiro atoms. The van der Waals surface area contributed by atoms with Crippen molar-refractivity contribution in [2.24, 2.45) is 22.8 Å². The number of fused-ring (bicyclic) bond motifs is 3. The molecule has 16 heteroatoms. The van der Waals surface area contributed by atoms with Crippen molar-refractivity contribution in [2.75, 3.05) is 19.7 Å². The molecule has 4 rings (SSSR count). The van der Waals surface area contributed by atoms with E-state index in [1.54, 1.807) is 25.7 Å². The zero-order valence-electron chi connectivity index (χ0n) is 33.3. The van der Waals surface area contributed by atoms with E-state index < -0.39 is 59.3 Å². The number of hydrogen-bond acceptors (Lipinski definition) is 8. The van der Waals surface area contributed by atoms with Crippen LogP contribution in [-0.4, -0.2) is 96.2 Å². The fourth-order valence-electron chi connectivity index (χ4n) is 7.87. The molecule has 0 unspecified atom stereocenters. The van der Waals surface area contributed by atoms with Crippen molar-refractivity contribution < 1.29 is 33.5 Å². The number of rotatable bonds is 10. The number of guanidine groups is 1. The Morgan fingerprint density at radius 3 is 2.38 bits per heavy atom. The first-order chi connectivity index (χ1) is 26.6. The SMILES string of the molecule is CC(C)(C)[C@H](NC(=O)[C@H](CCCNC(=N)N)NC(=O)[C@@H]1CCCc2cccc(c2)OCCCC(=O)N2CCC[C@H]2C(=O)N[C@@H](C2CCCCC2)C(=O)N1)C(N)=O. The van der Waals surface area contributed by atoms with Crippen LogP contribution in [-0.2, 0) is 35.2 Å². The monoisotopic (exact) mass is 781 g/mol. The van der Waals surface area contributed by atoms with E-state index in [2.05, 4.69) is 26.6 Å². The van der Waals surface area contributed by atoms with Crippen LogP contribution in [0.2, 0.25) is 0 Å². The van der Waals surface area contributed by atoms with Crippen LogP contribution in [0.1, 0.15) is 110 Å². The fraction of sp³-hybridized carbons (Fsp3) is 0.675. The van der Waals surface area contributed by atoms with E-state index >= 15 is 0 Å². The Morgan fingerprint density at radius 2 is 1.68 bits per heavy atom. The lowest BCUT2D eigenvalue weighted by molar-refractivity contribution is -0.140. The van der Waals surface area contributed by atoms with Gasteiger partial charge in [-0.25, -0.2) is 0 Å². The Hall–Kier alpha value is -4.89. The van der Waals surface area contributed by atoms with Gasteiger partial charge >= 0.3 is 0 Å². The summed E-state index contributed by atoms with van der Waals surface area (Å²) in [5, 5.41) is 21.7. The summed E-state index contributed by atoms with van der Waals surface area (Å²) < 4.78 is 5.97. The normalized spacial score (nSPS) is 23.0. The Kier molecular flexibility index (Phi) is 16.3. The van der Waals surface area contributed by atoms with Gasteiger partial charge in [-0.3, -0.25) is 34.2 Å². The van der Waals surface area contributed by atoms with Gasteiger partial charge in [0.1, 0.15) is 36.0 Å². The number of nitrogens with one attached hydrogen (secondary N) is 6. The Bertz CT molecular complexity index is 1560. The third-order valence-electron chi connectivity index (χ3n) is 10.9. The molecule has 0 radical (unpaired) electrons. The van der Waals surface area contributed by atoms with Crippen molar-refractivity contribution in [1.82, 2.24) is 31.5 Å². The summed E-state index contributed by atoms with van der Waals surface area (Å²) in [7, 11) is 0. The van der Waals surface area contributed by atoms with Crippen molar-refractivity contribution in [3.63, 3.8) is 0 Å².